The van der Waals surface area contributed by atoms with E-state index in [1.807, 2.05) is 0 Å². The lowest BCUT2D eigenvalue weighted by atomic mass is 10.00. The Hall–Kier alpha value is -2.60. The van der Waals surface area contributed by atoms with E-state index in [0.29, 0.717) is 5.57 Å². The van der Waals surface area contributed by atoms with Crippen molar-refractivity contribution in [3.63, 3.8) is 0 Å². The van der Waals surface area contributed by atoms with E-state index in [-0.39, 0.29) is 13.1 Å². The Morgan fingerprint density at radius 1 is 1.77 bits per heavy atom. The Morgan fingerprint density at radius 2 is 2.45 bits per heavy atom. The Labute approximate surface area is 126 Å². The molecule has 0 saturated carbocycles. The average Bonchev–Trinajstić information content (AvgIpc) is 2.70. The number of urea groups is 1. The minimum atomic E-state index is -2.23. The van der Waals surface area contributed by atoms with Gasteiger partial charge in [-0.25, -0.2) is 14.0 Å². The first-order valence-electron chi connectivity index (χ1n) is 6.48. The number of hydrogen-bond acceptors (Lipinski definition) is 5. The maximum absolute atomic E-state index is 13.4. The highest BCUT2D eigenvalue weighted by molar-refractivity contribution is 5.91. The number of nitrogens with one attached hydrogen (secondary N) is 1. The molecule has 2 aliphatic rings. The lowest BCUT2D eigenvalue weighted by molar-refractivity contribution is -0.201. The molecule has 0 aromatic rings. The van der Waals surface area contributed by atoms with Gasteiger partial charge in [0.2, 0.25) is 5.91 Å². The van der Waals surface area contributed by atoms with Gasteiger partial charge in [-0.2, -0.15) is 10.3 Å². The van der Waals surface area contributed by atoms with Crippen molar-refractivity contribution in [2.45, 2.75) is 25.4 Å². The van der Waals surface area contributed by atoms with Crippen LogP contribution in [0.15, 0.2) is 24.0 Å². The molecule has 118 valence electrons. The third-order valence-corrected chi connectivity index (χ3v) is 3.38. The number of fused-ring (bicyclic) bond motifs is 2. The standard InChI is InChI=1S/C13H15FN4O4/c1-7-5-9-6-17(10(7)12(20)16-4-3-15)13(21)18(9)22-11(14)8(2)19/h5,9-11,19H,2,4,6H2,1H3,(H,16,20)/t9-,10+,11-/m1/s1. The minimum absolute atomic E-state index is 0.144. The summed E-state index contributed by atoms with van der Waals surface area (Å²) in [6.45, 7) is 4.62. The second-order valence-electron chi connectivity index (χ2n) is 4.93. The molecule has 22 heavy (non-hydrogen) atoms. The zero-order valence-corrected chi connectivity index (χ0v) is 11.8. The number of amides is 3. The molecule has 0 radical (unpaired) electrons. The van der Waals surface area contributed by atoms with Gasteiger partial charge in [0.1, 0.15) is 18.3 Å². The predicted octanol–water partition coefficient (Wildman–Crippen LogP) is 0.360. The lowest BCUT2D eigenvalue weighted by Gasteiger charge is -2.28. The van der Waals surface area contributed by atoms with Gasteiger partial charge in [-0.3, -0.25) is 4.79 Å². The second-order valence-corrected chi connectivity index (χ2v) is 4.93. The van der Waals surface area contributed by atoms with Crippen LogP contribution in [0.5, 0.6) is 0 Å². The zero-order valence-electron chi connectivity index (χ0n) is 11.8. The van der Waals surface area contributed by atoms with Crippen LogP contribution >= 0.6 is 0 Å². The van der Waals surface area contributed by atoms with Crippen molar-refractivity contribution in [3.8, 4) is 6.07 Å². The molecule has 2 N–H and O–H groups in total. The SMILES string of the molecule is C=C(O)[C@H](F)ON1C(=O)N2C[C@H]1C=C(C)[C@H]2C(=O)NCC#N. The summed E-state index contributed by atoms with van der Waals surface area (Å²) >= 11 is 0. The lowest BCUT2D eigenvalue weighted by Crippen LogP contribution is -2.50. The van der Waals surface area contributed by atoms with E-state index in [2.05, 4.69) is 11.9 Å². The van der Waals surface area contributed by atoms with Crippen molar-refractivity contribution in [2.75, 3.05) is 13.1 Å². The summed E-state index contributed by atoms with van der Waals surface area (Å²) in [5.74, 6) is -1.35. The van der Waals surface area contributed by atoms with Crippen LogP contribution in [0.4, 0.5) is 9.18 Å². The number of nitriles is 1. The molecule has 0 aromatic carbocycles. The van der Waals surface area contributed by atoms with Crippen molar-refractivity contribution in [2.24, 2.45) is 0 Å². The molecule has 8 nitrogen and oxygen atoms in total. The summed E-state index contributed by atoms with van der Waals surface area (Å²) in [7, 11) is 0. The Kier molecular flexibility index (Phi) is 4.32. The van der Waals surface area contributed by atoms with Gasteiger partial charge in [-0.1, -0.05) is 12.7 Å². The van der Waals surface area contributed by atoms with E-state index in [1.54, 1.807) is 19.1 Å². The van der Waals surface area contributed by atoms with E-state index in [1.165, 1.54) is 4.90 Å². The van der Waals surface area contributed by atoms with Gasteiger partial charge in [0.25, 0.3) is 6.36 Å². The van der Waals surface area contributed by atoms with Crippen LogP contribution in [0.2, 0.25) is 0 Å². The van der Waals surface area contributed by atoms with Crippen molar-refractivity contribution in [1.82, 2.24) is 15.3 Å². The number of halogens is 1. The summed E-state index contributed by atoms with van der Waals surface area (Å²) in [5.41, 5.74) is 0.587. The molecule has 9 heteroatoms. The number of carbonyl (C=O) groups is 2. The van der Waals surface area contributed by atoms with Gasteiger partial charge in [-0.05, 0) is 12.5 Å². The highest BCUT2D eigenvalue weighted by atomic mass is 19.1. The largest absolute Gasteiger partial charge is 0.507 e. The fourth-order valence-electron chi connectivity index (χ4n) is 2.45. The van der Waals surface area contributed by atoms with Crippen LogP contribution < -0.4 is 5.32 Å². The fraction of sp³-hybridized carbons (Fsp3) is 0.462. The van der Waals surface area contributed by atoms with Gasteiger partial charge in [0, 0.05) is 0 Å². The molecule has 3 atom stereocenters. The first kappa shape index (κ1) is 15.8. The van der Waals surface area contributed by atoms with E-state index in [9.17, 15) is 14.0 Å². The van der Waals surface area contributed by atoms with E-state index >= 15 is 0 Å². The smallest absolute Gasteiger partial charge is 0.345 e. The molecule has 1 saturated heterocycles. The predicted molar refractivity (Wildman–Crippen MR) is 71.6 cm³/mol. The molecule has 0 aliphatic carbocycles. The number of nitrogens with zero attached hydrogens (tertiary/aromatic N) is 3. The molecule has 2 aliphatic heterocycles. The number of aliphatic hydroxyl groups is 1. The van der Waals surface area contributed by atoms with Gasteiger partial charge < -0.3 is 15.3 Å². The van der Waals surface area contributed by atoms with Crippen molar-refractivity contribution >= 4 is 11.9 Å². The van der Waals surface area contributed by atoms with Crippen LogP contribution in [0.3, 0.4) is 0 Å². The first-order valence-corrected chi connectivity index (χ1v) is 6.48. The Bertz CT molecular complexity index is 585. The third kappa shape index (κ3) is 2.73. The summed E-state index contributed by atoms with van der Waals surface area (Å²) in [4.78, 5) is 30.3. The van der Waals surface area contributed by atoms with Gasteiger partial charge in [0.15, 0.2) is 0 Å². The monoisotopic (exact) mass is 310 g/mol. The third-order valence-electron chi connectivity index (χ3n) is 3.38. The minimum Gasteiger partial charge on any atom is -0.507 e. The van der Waals surface area contributed by atoms with Gasteiger partial charge in [0.05, 0.1) is 18.7 Å². The number of hydroxylamine groups is 2. The normalized spacial score (nSPS) is 24.6. The second kappa shape index (κ2) is 6.03. The van der Waals surface area contributed by atoms with Crippen molar-refractivity contribution < 1.29 is 23.9 Å². The zero-order chi connectivity index (χ0) is 16.4. The number of carbonyl (C=O) groups excluding carboxylic acids is 2. The topological polar surface area (TPSA) is 106 Å². The molecule has 2 rings (SSSR count). The number of hydrogen-bond donors (Lipinski definition) is 2. The van der Waals surface area contributed by atoms with E-state index in [4.69, 9.17) is 15.2 Å². The highest BCUT2D eigenvalue weighted by Gasteiger charge is 2.48. The van der Waals surface area contributed by atoms with Crippen molar-refractivity contribution in [3.05, 3.63) is 24.0 Å². The van der Waals surface area contributed by atoms with Crippen LogP contribution in [0, 0.1) is 11.3 Å². The van der Waals surface area contributed by atoms with E-state index in [0.717, 1.165) is 5.06 Å². The Morgan fingerprint density at radius 3 is 3.05 bits per heavy atom. The highest BCUT2D eigenvalue weighted by Crippen LogP contribution is 2.30. The van der Waals surface area contributed by atoms with Crippen molar-refractivity contribution in [1.29, 1.82) is 5.26 Å². The quantitative estimate of drug-likeness (QED) is 0.433. The molecule has 0 aromatic heterocycles. The molecule has 2 heterocycles. The number of aliphatic hydroxyl groups excluding tert-OH is 1. The summed E-state index contributed by atoms with van der Waals surface area (Å²) in [5, 5.41) is 20.6. The number of rotatable bonds is 5. The summed E-state index contributed by atoms with van der Waals surface area (Å²) in [6, 6.07) is -0.357. The van der Waals surface area contributed by atoms with Crippen LogP contribution in [0.25, 0.3) is 0 Å². The first-order chi connectivity index (χ1) is 10.4. The number of alkyl halides is 1. The molecule has 0 unspecified atom stereocenters. The molecule has 3 amide bonds. The molecule has 1 fully saturated rings. The van der Waals surface area contributed by atoms with E-state index < -0.39 is 36.1 Å². The molecule has 2 bridgehead atoms. The Balaban J connectivity index is 2.17. The molecule has 0 spiro atoms. The average molecular weight is 310 g/mol. The van der Waals surface area contributed by atoms with Crippen LogP contribution in [-0.4, -0.2) is 58.5 Å². The summed E-state index contributed by atoms with van der Waals surface area (Å²) < 4.78 is 13.4. The van der Waals surface area contributed by atoms with Gasteiger partial charge in [-0.15, -0.1) is 0 Å². The maximum Gasteiger partial charge on any atom is 0.345 e. The fourth-order valence-corrected chi connectivity index (χ4v) is 2.45. The molecular formula is C13H15FN4O4. The van der Waals surface area contributed by atoms with Crippen LogP contribution in [-0.2, 0) is 9.63 Å². The maximum atomic E-state index is 13.4. The summed E-state index contributed by atoms with van der Waals surface area (Å²) in [6.07, 6.45) is -0.616. The van der Waals surface area contributed by atoms with Gasteiger partial charge >= 0.3 is 6.03 Å². The van der Waals surface area contributed by atoms with Crippen LogP contribution in [0.1, 0.15) is 6.92 Å². The molecular weight excluding hydrogens is 295 g/mol.